The number of carbonyl (C=O) groups excluding carboxylic acids is 3. The van der Waals surface area contributed by atoms with Crippen LogP contribution in [-0.2, 0) is 11.2 Å². The molecule has 0 bridgehead atoms. The molecule has 1 aliphatic heterocycles. The molecule has 1 saturated carbocycles. The molecule has 0 atom stereocenters. The standard InChI is InChI=1S/C34H41BrN4O3/c1-2-38-19-14-26(15-20-38)24-36-33(42)39(21-16-25-8-4-3-5-9-25)32(41)34(17-6-7-18-34)37-31(40)29-11-10-28-23-30(35)13-12-27(28)22-29/h3-5,8-13,22-23,26H,2,6-7,14-21,24H2,1H3,(H,36,42)(H,37,40). The van der Waals surface area contributed by atoms with Crippen molar-refractivity contribution in [2.75, 3.05) is 32.7 Å². The van der Waals surface area contributed by atoms with Gasteiger partial charge >= 0.3 is 6.03 Å². The van der Waals surface area contributed by atoms with Crippen molar-refractivity contribution in [1.82, 2.24) is 20.4 Å². The molecule has 5 rings (SSSR count). The molecule has 1 aliphatic carbocycles. The maximum absolute atomic E-state index is 14.3. The summed E-state index contributed by atoms with van der Waals surface area (Å²) in [6.45, 7) is 6.11. The summed E-state index contributed by atoms with van der Waals surface area (Å²) in [5.74, 6) is -0.204. The van der Waals surface area contributed by atoms with E-state index in [1.807, 2.05) is 60.7 Å². The summed E-state index contributed by atoms with van der Waals surface area (Å²) >= 11 is 3.50. The molecule has 0 radical (unpaired) electrons. The highest BCUT2D eigenvalue weighted by Crippen LogP contribution is 2.33. The van der Waals surface area contributed by atoms with Gasteiger partial charge in [-0.1, -0.05) is 78.2 Å². The Balaban J connectivity index is 1.33. The van der Waals surface area contributed by atoms with Gasteiger partial charge in [0.1, 0.15) is 5.54 Å². The number of hydrogen-bond donors (Lipinski definition) is 2. The lowest BCUT2D eigenvalue weighted by molar-refractivity contribution is -0.134. The lowest BCUT2D eigenvalue weighted by Gasteiger charge is -2.35. The van der Waals surface area contributed by atoms with Crippen LogP contribution in [0.25, 0.3) is 10.8 Å². The van der Waals surface area contributed by atoms with Gasteiger partial charge in [0.15, 0.2) is 0 Å². The van der Waals surface area contributed by atoms with Gasteiger partial charge < -0.3 is 15.5 Å². The first-order valence-electron chi connectivity index (χ1n) is 15.2. The molecule has 3 aromatic rings. The summed E-state index contributed by atoms with van der Waals surface area (Å²) in [6.07, 6.45) is 5.30. The molecule has 1 heterocycles. The van der Waals surface area contributed by atoms with Crippen LogP contribution in [0.5, 0.6) is 0 Å². The molecule has 4 amide bonds. The average molecular weight is 634 g/mol. The van der Waals surface area contributed by atoms with Crippen LogP contribution in [-0.4, -0.2) is 65.9 Å². The Kier molecular flexibility index (Phi) is 9.95. The fourth-order valence-electron chi connectivity index (χ4n) is 6.29. The molecule has 0 aromatic heterocycles. The van der Waals surface area contributed by atoms with E-state index in [-0.39, 0.29) is 24.4 Å². The van der Waals surface area contributed by atoms with E-state index in [0.29, 0.717) is 37.3 Å². The van der Waals surface area contributed by atoms with Crippen LogP contribution in [0.1, 0.15) is 61.4 Å². The summed E-state index contributed by atoms with van der Waals surface area (Å²) < 4.78 is 0.975. The molecule has 42 heavy (non-hydrogen) atoms. The van der Waals surface area contributed by atoms with Gasteiger partial charge in [0.05, 0.1) is 0 Å². The van der Waals surface area contributed by atoms with E-state index in [4.69, 9.17) is 0 Å². The van der Waals surface area contributed by atoms with Gasteiger partial charge in [-0.25, -0.2) is 4.79 Å². The van der Waals surface area contributed by atoms with Crippen molar-refractivity contribution in [3.8, 4) is 0 Å². The average Bonchev–Trinajstić information content (AvgIpc) is 3.50. The fourth-order valence-corrected chi connectivity index (χ4v) is 6.67. The van der Waals surface area contributed by atoms with Crippen molar-refractivity contribution >= 4 is 44.5 Å². The number of fused-ring (bicyclic) bond motifs is 1. The second-order valence-corrected chi connectivity index (χ2v) is 12.6. The normalized spacial score (nSPS) is 17.2. The molecule has 2 N–H and O–H groups in total. The minimum atomic E-state index is -1.10. The number of likely N-dealkylation sites (tertiary alicyclic amines) is 1. The van der Waals surface area contributed by atoms with Crippen LogP contribution in [0.3, 0.4) is 0 Å². The number of piperidine rings is 1. The number of imide groups is 1. The lowest BCUT2D eigenvalue weighted by atomic mass is 9.94. The Morgan fingerprint density at radius 2 is 1.64 bits per heavy atom. The number of nitrogens with zero attached hydrogens (tertiary/aromatic N) is 2. The smallest absolute Gasteiger partial charge is 0.324 e. The summed E-state index contributed by atoms with van der Waals surface area (Å²) in [5, 5.41) is 8.17. The van der Waals surface area contributed by atoms with Crippen molar-refractivity contribution in [1.29, 1.82) is 0 Å². The third kappa shape index (κ3) is 7.21. The van der Waals surface area contributed by atoms with E-state index in [1.165, 1.54) is 4.90 Å². The second kappa shape index (κ2) is 13.8. The molecule has 8 heteroatoms. The highest BCUT2D eigenvalue weighted by Gasteiger charge is 2.46. The zero-order valence-corrected chi connectivity index (χ0v) is 26.0. The minimum Gasteiger partial charge on any atom is -0.338 e. The van der Waals surface area contributed by atoms with Crippen LogP contribution in [0, 0.1) is 5.92 Å². The number of halogens is 1. The second-order valence-electron chi connectivity index (χ2n) is 11.7. The highest BCUT2D eigenvalue weighted by atomic mass is 79.9. The predicted octanol–water partition coefficient (Wildman–Crippen LogP) is 6.16. The lowest BCUT2D eigenvalue weighted by Crippen LogP contribution is -2.61. The first-order chi connectivity index (χ1) is 20.4. The van der Waals surface area contributed by atoms with E-state index >= 15 is 0 Å². The Labute approximate surface area is 257 Å². The Bertz CT molecular complexity index is 1400. The van der Waals surface area contributed by atoms with Crippen molar-refractivity contribution in [3.05, 3.63) is 82.3 Å². The molecule has 7 nitrogen and oxygen atoms in total. The molecule has 0 spiro atoms. The van der Waals surface area contributed by atoms with Gasteiger partial charge in [-0.05, 0) is 98.3 Å². The number of rotatable bonds is 9. The maximum atomic E-state index is 14.3. The van der Waals surface area contributed by atoms with Gasteiger partial charge in [0.25, 0.3) is 11.8 Å². The van der Waals surface area contributed by atoms with Crippen molar-refractivity contribution < 1.29 is 14.4 Å². The maximum Gasteiger partial charge on any atom is 0.324 e. The van der Waals surface area contributed by atoms with Gasteiger partial charge in [-0.3, -0.25) is 14.5 Å². The predicted molar refractivity (Wildman–Crippen MR) is 170 cm³/mol. The van der Waals surface area contributed by atoms with Gasteiger partial charge in [0, 0.05) is 23.1 Å². The Morgan fingerprint density at radius 1 is 0.952 bits per heavy atom. The summed E-state index contributed by atoms with van der Waals surface area (Å²) in [7, 11) is 0. The largest absolute Gasteiger partial charge is 0.338 e. The van der Waals surface area contributed by atoms with Gasteiger partial charge in [0.2, 0.25) is 0 Å². The van der Waals surface area contributed by atoms with E-state index in [9.17, 15) is 14.4 Å². The number of urea groups is 1. The zero-order chi connectivity index (χ0) is 29.5. The summed E-state index contributed by atoms with van der Waals surface area (Å²) in [4.78, 5) is 45.3. The summed E-state index contributed by atoms with van der Waals surface area (Å²) in [6, 6.07) is 21.0. The van der Waals surface area contributed by atoms with E-state index in [0.717, 1.165) is 66.1 Å². The van der Waals surface area contributed by atoms with Crippen molar-refractivity contribution in [2.24, 2.45) is 5.92 Å². The Morgan fingerprint density at radius 3 is 2.36 bits per heavy atom. The first kappa shape index (κ1) is 30.2. The van der Waals surface area contributed by atoms with Crippen LogP contribution in [0.2, 0.25) is 0 Å². The molecular formula is C34H41BrN4O3. The number of carbonyl (C=O) groups is 3. The Hall–Kier alpha value is -3.23. The van der Waals surface area contributed by atoms with E-state index < -0.39 is 5.54 Å². The molecular weight excluding hydrogens is 592 g/mol. The van der Waals surface area contributed by atoms with E-state index in [2.05, 4.69) is 38.4 Å². The third-order valence-corrected chi connectivity index (χ3v) is 9.43. The minimum absolute atomic E-state index is 0.255. The molecule has 2 fully saturated rings. The topological polar surface area (TPSA) is 81.8 Å². The van der Waals surface area contributed by atoms with Crippen LogP contribution in [0.15, 0.2) is 71.2 Å². The summed E-state index contributed by atoms with van der Waals surface area (Å²) in [5.41, 5.74) is 0.455. The van der Waals surface area contributed by atoms with Crippen LogP contribution >= 0.6 is 15.9 Å². The van der Waals surface area contributed by atoms with E-state index in [1.54, 1.807) is 6.07 Å². The number of hydrogen-bond acceptors (Lipinski definition) is 4. The molecule has 1 saturated heterocycles. The molecule has 2 aliphatic rings. The van der Waals surface area contributed by atoms with Crippen LogP contribution < -0.4 is 10.6 Å². The zero-order valence-electron chi connectivity index (χ0n) is 24.4. The fraction of sp³-hybridized carbons (Fsp3) is 0.441. The highest BCUT2D eigenvalue weighted by molar-refractivity contribution is 9.10. The van der Waals surface area contributed by atoms with Gasteiger partial charge in [-0.2, -0.15) is 0 Å². The SMILES string of the molecule is CCN1CCC(CNC(=O)N(CCc2ccccc2)C(=O)C2(NC(=O)c3ccc4cc(Br)ccc4c3)CCCC2)CC1. The number of nitrogens with one attached hydrogen (secondary N) is 2. The first-order valence-corrected chi connectivity index (χ1v) is 16.0. The van der Waals surface area contributed by atoms with Gasteiger partial charge in [-0.15, -0.1) is 0 Å². The molecule has 3 aromatic carbocycles. The third-order valence-electron chi connectivity index (χ3n) is 8.94. The number of amides is 4. The molecule has 222 valence electrons. The quantitative estimate of drug-likeness (QED) is 0.296. The van der Waals surface area contributed by atoms with Crippen molar-refractivity contribution in [2.45, 2.75) is 57.4 Å². The monoisotopic (exact) mass is 632 g/mol. The van der Waals surface area contributed by atoms with Crippen LogP contribution in [0.4, 0.5) is 4.79 Å². The van der Waals surface area contributed by atoms with Crippen molar-refractivity contribution in [3.63, 3.8) is 0 Å². The number of benzene rings is 3. The molecule has 0 unspecified atom stereocenters.